The van der Waals surface area contributed by atoms with Gasteiger partial charge >= 0.3 is 5.97 Å². The molecule has 0 spiro atoms. The lowest BCUT2D eigenvalue weighted by atomic mass is 9.78. The molecule has 35 heavy (non-hydrogen) atoms. The predicted molar refractivity (Wildman–Crippen MR) is 158 cm³/mol. The summed E-state index contributed by atoms with van der Waals surface area (Å²) in [4.78, 5) is 25.0. The second kappa shape index (κ2) is 11.7. The van der Waals surface area contributed by atoms with Crippen molar-refractivity contribution in [2.24, 2.45) is 5.92 Å². The first-order chi connectivity index (χ1) is 16.3. The Kier molecular flexibility index (Phi) is 9.63. The topological polar surface area (TPSA) is 43.4 Å². The number of halogens is 5. The number of hydrogen-bond donors (Lipinski definition) is 0. The molecule has 0 atom stereocenters. The highest BCUT2D eigenvalue weighted by Crippen LogP contribution is 2.43. The van der Waals surface area contributed by atoms with E-state index in [4.69, 9.17) is 4.74 Å². The first-order valence-electron chi connectivity index (χ1n) is 10.8. The number of carbonyl (C=O) groups is 2. The summed E-state index contributed by atoms with van der Waals surface area (Å²) in [5.74, 6) is 0.156. The third kappa shape index (κ3) is 6.75. The zero-order chi connectivity index (χ0) is 26.1. The molecule has 0 unspecified atom stereocenters. The van der Waals surface area contributed by atoms with E-state index in [1.807, 2.05) is 26.0 Å². The summed E-state index contributed by atoms with van der Waals surface area (Å²) in [6, 6.07) is 15.1. The van der Waals surface area contributed by atoms with Crippen LogP contribution in [0.25, 0.3) is 0 Å². The Hall–Kier alpha value is -0.800. The van der Waals surface area contributed by atoms with Crippen LogP contribution in [0.15, 0.2) is 70.9 Å². The van der Waals surface area contributed by atoms with Gasteiger partial charge in [-0.3, -0.25) is 4.79 Å². The maximum absolute atomic E-state index is 12.6. The molecule has 0 aliphatic carbocycles. The molecule has 0 saturated heterocycles. The quantitative estimate of drug-likeness (QED) is 0.177. The van der Waals surface area contributed by atoms with E-state index in [0.717, 1.165) is 30.1 Å². The molecule has 3 rings (SSSR count). The molecule has 0 radical (unpaired) electrons. The standard InChI is InChI=1S/C27H23Br5O3/c1-14(2)24(33)13-19-20(29)9-16(10-21(19)30)27(3,4)17-11-22(31)25(23(32)12-17)35-26(34)15-5-7-18(28)8-6-15/h5-12,14H,13H2,1-4H3. The van der Waals surface area contributed by atoms with E-state index in [1.54, 1.807) is 24.3 Å². The molecule has 0 N–H and O–H groups in total. The van der Waals surface area contributed by atoms with Gasteiger partial charge in [0.25, 0.3) is 0 Å². The third-order valence-corrected chi connectivity index (χ3v) is 8.97. The van der Waals surface area contributed by atoms with Crippen molar-refractivity contribution in [3.8, 4) is 5.75 Å². The van der Waals surface area contributed by atoms with Gasteiger partial charge in [0, 0.05) is 31.2 Å². The number of rotatable bonds is 7. The summed E-state index contributed by atoms with van der Waals surface area (Å²) in [6.07, 6.45) is 0.370. The van der Waals surface area contributed by atoms with Gasteiger partial charge in [-0.15, -0.1) is 0 Å². The van der Waals surface area contributed by atoms with E-state index in [-0.39, 0.29) is 17.1 Å². The van der Waals surface area contributed by atoms with Gasteiger partial charge in [0.2, 0.25) is 0 Å². The van der Waals surface area contributed by atoms with Crippen LogP contribution in [0.4, 0.5) is 0 Å². The van der Waals surface area contributed by atoms with Crippen LogP contribution in [0.5, 0.6) is 5.75 Å². The SMILES string of the molecule is CC(C)C(=O)Cc1c(Br)cc(C(C)(C)c2cc(Br)c(OC(=O)c3ccc(Br)cc3)c(Br)c2)cc1Br. The molecule has 3 aromatic rings. The largest absolute Gasteiger partial charge is 0.421 e. The van der Waals surface area contributed by atoms with E-state index < -0.39 is 5.97 Å². The van der Waals surface area contributed by atoms with Crippen molar-refractivity contribution in [3.63, 3.8) is 0 Å². The lowest BCUT2D eigenvalue weighted by molar-refractivity contribution is -0.121. The number of hydrogen-bond acceptors (Lipinski definition) is 3. The Morgan fingerprint density at radius 2 is 1.26 bits per heavy atom. The molecule has 0 saturated carbocycles. The molecule has 0 aliphatic heterocycles. The molecular weight excluding hydrogens is 772 g/mol. The van der Waals surface area contributed by atoms with Crippen molar-refractivity contribution >= 4 is 91.4 Å². The van der Waals surface area contributed by atoms with Crippen LogP contribution in [0.2, 0.25) is 0 Å². The molecule has 3 aromatic carbocycles. The highest BCUT2D eigenvalue weighted by molar-refractivity contribution is 9.11. The summed E-state index contributed by atoms with van der Waals surface area (Å²) in [7, 11) is 0. The lowest BCUT2D eigenvalue weighted by Crippen LogP contribution is -2.20. The summed E-state index contributed by atoms with van der Waals surface area (Å²) in [5, 5.41) is 0. The molecular formula is C27H23Br5O3. The zero-order valence-corrected chi connectivity index (χ0v) is 27.4. The Labute approximate surface area is 248 Å². The van der Waals surface area contributed by atoms with Gasteiger partial charge in [-0.25, -0.2) is 4.79 Å². The minimum atomic E-state index is -0.440. The molecule has 0 aromatic heterocycles. The van der Waals surface area contributed by atoms with Crippen LogP contribution in [-0.2, 0) is 16.6 Å². The smallest absolute Gasteiger partial charge is 0.343 e. The van der Waals surface area contributed by atoms with Gasteiger partial charge in [0.1, 0.15) is 5.78 Å². The number of Topliss-reactive ketones (excluding diaryl/α,β-unsaturated/α-hetero) is 1. The van der Waals surface area contributed by atoms with Gasteiger partial charge < -0.3 is 4.74 Å². The normalized spacial score (nSPS) is 11.6. The van der Waals surface area contributed by atoms with E-state index >= 15 is 0 Å². The van der Waals surface area contributed by atoms with E-state index in [0.29, 0.717) is 26.7 Å². The minimum Gasteiger partial charge on any atom is -0.421 e. The first-order valence-corrected chi connectivity index (χ1v) is 14.8. The molecule has 0 heterocycles. The summed E-state index contributed by atoms with van der Waals surface area (Å²) >= 11 is 17.9. The fraction of sp³-hybridized carbons (Fsp3) is 0.259. The van der Waals surface area contributed by atoms with Crippen LogP contribution < -0.4 is 4.74 Å². The van der Waals surface area contributed by atoms with E-state index in [9.17, 15) is 9.59 Å². The lowest BCUT2D eigenvalue weighted by Gasteiger charge is -2.28. The van der Waals surface area contributed by atoms with Gasteiger partial charge in [-0.1, -0.05) is 75.5 Å². The average Bonchev–Trinajstić information content (AvgIpc) is 2.78. The molecule has 0 bridgehead atoms. The minimum absolute atomic E-state index is 0.0176. The Morgan fingerprint density at radius 3 is 1.71 bits per heavy atom. The van der Waals surface area contributed by atoms with Crippen molar-refractivity contribution in [2.45, 2.75) is 39.5 Å². The summed E-state index contributed by atoms with van der Waals surface area (Å²) in [6.45, 7) is 8.08. The molecule has 0 amide bonds. The van der Waals surface area contributed by atoms with E-state index in [1.165, 1.54) is 0 Å². The summed E-state index contributed by atoms with van der Waals surface area (Å²) < 4.78 is 9.69. The average molecular weight is 795 g/mol. The third-order valence-electron chi connectivity index (χ3n) is 5.85. The van der Waals surface area contributed by atoms with Crippen molar-refractivity contribution in [3.05, 3.63) is 93.1 Å². The van der Waals surface area contributed by atoms with Crippen molar-refractivity contribution < 1.29 is 14.3 Å². The second-order valence-corrected chi connectivity index (χ2v) is 13.3. The second-order valence-electron chi connectivity index (χ2n) is 9.01. The molecule has 3 nitrogen and oxygen atoms in total. The van der Waals surface area contributed by atoms with Crippen LogP contribution >= 0.6 is 79.6 Å². The molecule has 184 valence electrons. The van der Waals surface area contributed by atoms with Crippen LogP contribution in [0, 0.1) is 5.92 Å². The fourth-order valence-electron chi connectivity index (χ4n) is 3.43. The van der Waals surface area contributed by atoms with Crippen LogP contribution in [0.1, 0.15) is 54.7 Å². The molecule has 0 aliphatic rings. The number of benzene rings is 3. The number of ketones is 1. The highest BCUT2D eigenvalue weighted by atomic mass is 79.9. The predicted octanol–water partition coefficient (Wildman–Crippen LogP) is 9.81. The Balaban J connectivity index is 1.92. The Bertz CT molecular complexity index is 1230. The van der Waals surface area contributed by atoms with Crippen molar-refractivity contribution in [2.75, 3.05) is 0 Å². The van der Waals surface area contributed by atoms with Gasteiger partial charge in [0.05, 0.1) is 14.5 Å². The fourth-order valence-corrected chi connectivity index (χ4v) is 6.51. The number of esters is 1. The first kappa shape index (κ1) is 28.8. The van der Waals surface area contributed by atoms with Crippen LogP contribution in [-0.4, -0.2) is 11.8 Å². The highest BCUT2D eigenvalue weighted by Gasteiger charge is 2.28. The maximum Gasteiger partial charge on any atom is 0.343 e. The van der Waals surface area contributed by atoms with Crippen molar-refractivity contribution in [1.82, 2.24) is 0 Å². The number of ether oxygens (including phenoxy) is 1. The molecule has 0 fully saturated rings. The van der Waals surface area contributed by atoms with Gasteiger partial charge in [-0.2, -0.15) is 0 Å². The Morgan fingerprint density at radius 1 is 0.800 bits per heavy atom. The molecule has 8 heteroatoms. The zero-order valence-electron chi connectivity index (χ0n) is 19.5. The van der Waals surface area contributed by atoms with Crippen molar-refractivity contribution in [1.29, 1.82) is 0 Å². The van der Waals surface area contributed by atoms with Gasteiger partial charge in [-0.05, 0) is 97.1 Å². The van der Waals surface area contributed by atoms with Gasteiger partial charge in [0.15, 0.2) is 5.75 Å². The monoisotopic (exact) mass is 790 g/mol. The van der Waals surface area contributed by atoms with Crippen LogP contribution in [0.3, 0.4) is 0 Å². The number of carbonyl (C=O) groups excluding carboxylic acids is 2. The van der Waals surface area contributed by atoms with E-state index in [2.05, 4.69) is 106 Å². The maximum atomic E-state index is 12.6. The summed E-state index contributed by atoms with van der Waals surface area (Å²) in [5.41, 5.74) is 3.10.